The molecule has 1 aromatic rings. The summed E-state index contributed by atoms with van der Waals surface area (Å²) in [4.78, 5) is 27.8. The van der Waals surface area contributed by atoms with Crippen molar-refractivity contribution in [3.05, 3.63) is 18.3 Å². The molecule has 1 aliphatic heterocycles. The van der Waals surface area contributed by atoms with E-state index in [1.165, 1.54) is 16.6 Å². The number of urea groups is 1. The van der Waals surface area contributed by atoms with E-state index in [1.54, 1.807) is 6.07 Å². The van der Waals surface area contributed by atoms with Crippen molar-refractivity contribution in [1.82, 2.24) is 19.9 Å². The van der Waals surface area contributed by atoms with Gasteiger partial charge in [0.1, 0.15) is 4.90 Å². The Labute approximate surface area is 170 Å². The van der Waals surface area contributed by atoms with Gasteiger partial charge in [-0.3, -0.25) is 10.1 Å². The highest BCUT2D eigenvalue weighted by Gasteiger charge is 2.25. The minimum Gasteiger partial charge on any atom is -0.333 e. The van der Waals surface area contributed by atoms with Crippen LogP contribution >= 0.6 is 11.8 Å². The molecule has 28 heavy (non-hydrogen) atoms. The van der Waals surface area contributed by atoms with Crippen LogP contribution in [0.25, 0.3) is 0 Å². The van der Waals surface area contributed by atoms with E-state index < -0.39 is 27.5 Å². The van der Waals surface area contributed by atoms with Gasteiger partial charge in [0.25, 0.3) is 0 Å². The van der Waals surface area contributed by atoms with Crippen molar-refractivity contribution in [2.24, 2.45) is 0 Å². The average Bonchev–Trinajstić information content (AvgIpc) is 2.88. The van der Waals surface area contributed by atoms with Gasteiger partial charge < -0.3 is 5.32 Å². The molecule has 2 rings (SSSR count). The smallest absolute Gasteiger partial charge is 0.321 e. The fraction of sp³-hybridized carbons (Fsp3) is 0.611. The first-order chi connectivity index (χ1) is 13.1. The highest BCUT2D eigenvalue weighted by atomic mass is 32.2. The molecular formula is C18H28N4O4S2. The van der Waals surface area contributed by atoms with Crippen molar-refractivity contribution in [2.75, 3.05) is 18.8 Å². The lowest BCUT2D eigenvalue weighted by atomic mass is 10.1. The number of pyridine rings is 1. The lowest BCUT2D eigenvalue weighted by molar-refractivity contribution is -0.117. The van der Waals surface area contributed by atoms with Crippen LogP contribution in [0.2, 0.25) is 0 Å². The molecule has 1 aromatic heterocycles. The second-order valence-corrected chi connectivity index (χ2v) is 10.6. The van der Waals surface area contributed by atoms with E-state index in [0.29, 0.717) is 18.1 Å². The number of amides is 3. The van der Waals surface area contributed by atoms with Crippen LogP contribution in [0.1, 0.15) is 46.5 Å². The maximum Gasteiger partial charge on any atom is 0.321 e. The number of nitrogens with zero attached hydrogens (tertiary/aromatic N) is 2. The largest absolute Gasteiger partial charge is 0.333 e. The maximum atomic E-state index is 12.7. The molecule has 1 aliphatic rings. The van der Waals surface area contributed by atoms with Crippen molar-refractivity contribution >= 4 is 33.7 Å². The van der Waals surface area contributed by atoms with Crippen LogP contribution in [0.15, 0.2) is 28.3 Å². The Morgan fingerprint density at radius 2 is 1.79 bits per heavy atom. The van der Waals surface area contributed by atoms with Crippen LogP contribution in [-0.2, 0) is 14.8 Å². The SMILES string of the molecule is CC(C)(C)NC(=O)NC(=O)CSc1ccc(S(=O)(=O)N2CCCCCC2)cn1. The Balaban J connectivity index is 1.90. The molecular weight excluding hydrogens is 400 g/mol. The second-order valence-electron chi connectivity index (χ2n) is 7.69. The molecule has 0 aliphatic carbocycles. The molecule has 8 nitrogen and oxygen atoms in total. The zero-order chi connectivity index (χ0) is 20.8. The Morgan fingerprint density at radius 3 is 2.32 bits per heavy atom. The Hall–Kier alpha value is -1.65. The van der Waals surface area contributed by atoms with Gasteiger partial charge in [-0.15, -0.1) is 0 Å². The number of rotatable bonds is 5. The first-order valence-corrected chi connectivity index (χ1v) is 11.7. The molecule has 10 heteroatoms. The molecule has 2 N–H and O–H groups in total. The Kier molecular flexibility index (Phi) is 7.85. The van der Waals surface area contributed by atoms with Crippen LogP contribution in [0.4, 0.5) is 4.79 Å². The minimum absolute atomic E-state index is 0.00276. The predicted molar refractivity (Wildman–Crippen MR) is 109 cm³/mol. The van der Waals surface area contributed by atoms with E-state index in [4.69, 9.17) is 0 Å². The molecule has 0 aromatic carbocycles. The first kappa shape index (κ1) is 22.6. The Bertz CT molecular complexity index is 781. The molecule has 0 atom stereocenters. The van der Waals surface area contributed by atoms with Crippen LogP contribution in [-0.4, -0.2) is 54.0 Å². The number of hydrogen-bond acceptors (Lipinski definition) is 6. The number of aromatic nitrogens is 1. The summed E-state index contributed by atoms with van der Waals surface area (Å²) < 4.78 is 27.0. The third-order valence-electron chi connectivity index (χ3n) is 4.00. The summed E-state index contributed by atoms with van der Waals surface area (Å²) in [5.41, 5.74) is -0.437. The normalized spacial score (nSPS) is 16.2. The summed E-state index contributed by atoms with van der Waals surface area (Å²) in [5.74, 6) is -0.446. The molecule has 3 amide bonds. The van der Waals surface area contributed by atoms with Crippen LogP contribution in [0.3, 0.4) is 0 Å². The number of imide groups is 1. The van der Waals surface area contributed by atoms with Crippen LogP contribution in [0, 0.1) is 0 Å². The van der Waals surface area contributed by atoms with Crippen molar-refractivity contribution < 1.29 is 18.0 Å². The molecule has 156 valence electrons. The van der Waals surface area contributed by atoms with E-state index in [9.17, 15) is 18.0 Å². The van der Waals surface area contributed by atoms with E-state index in [1.807, 2.05) is 20.8 Å². The third-order valence-corrected chi connectivity index (χ3v) is 6.83. The molecule has 0 spiro atoms. The number of thioether (sulfide) groups is 1. The number of nitrogens with one attached hydrogen (secondary N) is 2. The minimum atomic E-state index is -3.54. The highest BCUT2D eigenvalue weighted by Crippen LogP contribution is 2.22. The monoisotopic (exact) mass is 428 g/mol. The van der Waals surface area contributed by atoms with Gasteiger partial charge in [0.2, 0.25) is 15.9 Å². The summed E-state index contributed by atoms with van der Waals surface area (Å²) in [6.07, 6.45) is 5.18. The fourth-order valence-electron chi connectivity index (χ4n) is 2.71. The molecule has 0 saturated carbocycles. The van der Waals surface area contributed by atoms with Gasteiger partial charge >= 0.3 is 6.03 Å². The summed E-state index contributed by atoms with van der Waals surface area (Å²) in [6, 6.07) is 2.54. The van der Waals surface area contributed by atoms with Crippen molar-refractivity contribution in [2.45, 2.75) is 61.9 Å². The highest BCUT2D eigenvalue weighted by molar-refractivity contribution is 7.99. The van der Waals surface area contributed by atoms with Gasteiger partial charge in [0.05, 0.1) is 10.8 Å². The van der Waals surface area contributed by atoms with Gasteiger partial charge in [-0.05, 0) is 45.7 Å². The molecule has 1 saturated heterocycles. The van der Waals surface area contributed by atoms with Gasteiger partial charge in [0.15, 0.2) is 0 Å². The van der Waals surface area contributed by atoms with E-state index in [2.05, 4.69) is 15.6 Å². The summed E-state index contributed by atoms with van der Waals surface area (Å²) >= 11 is 1.14. The summed E-state index contributed by atoms with van der Waals surface area (Å²) in [7, 11) is -3.54. The van der Waals surface area contributed by atoms with Crippen LogP contribution in [0.5, 0.6) is 0 Å². The summed E-state index contributed by atoms with van der Waals surface area (Å²) in [5, 5.41) is 5.41. The van der Waals surface area contributed by atoms with Gasteiger partial charge in [-0.2, -0.15) is 4.31 Å². The number of hydrogen-bond donors (Lipinski definition) is 2. The molecule has 1 fully saturated rings. The lowest BCUT2D eigenvalue weighted by Gasteiger charge is -2.20. The van der Waals surface area contributed by atoms with Gasteiger partial charge in [-0.25, -0.2) is 18.2 Å². The van der Waals surface area contributed by atoms with E-state index >= 15 is 0 Å². The molecule has 0 bridgehead atoms. The van der Waals surface area contributed by atoms with Crippen molar-refractivity contribution in [3.63, 3.8) is 0 Å². The van der Waals surface area contributed by atoms with Crippen LogP contribution < -0.4 is 10.6 Å². The number of sulfonamides is 1. The standard InChI is InChI=1S/C18H28N4O4S2/c1-18(2,3)21-17(24)20-15(23)13-27-16-9-8-14(12-19-16)28(25,26)22-10-6-4-5-7-11-22/h8-9,12H,4-7,10-11,13H2,1-3H3,(H2,20,21,23,24). The summed E-state index contributed by atoms with van der Waals surface area (Å²) in [6.45, 7) is 6.52. The third kappa shape index (κ3) is 7.06. The molecule has 0 unspecified atom stereocenters. The lowest BCUT2D eigenvalue weighted by Crippen LogP contribution is -2.48. The average molecular weight is 429 g/mol. The van der Waals surface area contributed by atoms with Crippen molar-refractivity contribution in [3.8, 4) is 0 Å². The number of carbonyl (C=O) groups excluding carboxylic acids is 2. The predicted octanol–water partition coefficient (Wildman–Crippen LogP) is 2.36. The molecule has 0 radical (unpaired) electrons. The van der Waals surface area contributed by atoms with E-state index in [-0.39, 0.29) is 10.6 Å². The Morgan fingerprint density at radius 1 is 1.14 bits per heavy atom. The zero-order valence-corrected chi connectivity index (χ0v) is 18.2. The first-order valence-electron chi connectivity index (χ1n) is 9.29. The van der Waals surface area contributed by atoms with Gasteiger partial charge in [-0.1, -0.05) is 24.6 Å². The molecule has 2 heterocycles. The topological polar surface area (TPSA) is 108 Å². The maximum absolute atomic E-state index is 12.7. The van der Waals surface area contributed by atoms with Gasteiger partial charge in [0, 0.05) is 24.8 Å². The quantitative estimate of drug-likeness (QED) is 0.697. The van der Waals surface area contributed by atoms with Crippen molar-refractivity contribution in [1.29, 1.82) is 0 Å². The van der Waals surface area contributed by atoms with E-state index in [0.717, 1.165) is 37.4 Å². The fourth-order valence-corrected chi connectivity index (χ4v) is 4.82. The zero-order valence-electron chi connectivity index (χ0n) is 16.5. The second kappa shape index (κ2) is 9.71. The number of carbonyl (C=O) groups is 2.